The van der Waals surface area contributed by atoms with Crippen molar-refractivity contribution >= 4 is 22.7 Å². The highest BCUT2D eigenvalue weighted by Crippen LogP contribution is 2.37. The predicted molar refractivity (Wildman–Crippen MR) is 111 cm³/mol. The van der Waals surface area contributed by atoms with E-state index in [-0.39, 0.29) is 5.92 Å². The number of carbonyl (C=O) groups is 2. The van der Waals surface area contributed by atoms with Crippen molar-refractivity contribution in [3.8, 4) is 0 Å². The molecular weight excluding hydrogens is 366 g/mol. The first-order chi connectivity index (χ1) is 14.1. The molecule has 148 valence electrons. The molecule has 2 unspecified atom stereocenters. The third-order valence-electron chi connectivity index (χ3n) is 5.68. The molecule has 0 aromatic heterocycles. The number of ether oxygens (including phenoxy) is 1. The molecule has 0 saturated carbocycles. The molecule has 1 heterocycles. The van der Waals surface area contributed by atoms with Gasteiger partial charge in [0.2, 0.25) is 0 Å². The van der Waals surface area contributed by atoms with Crippen LogP contribution in [0.15, 0.2) is 66.7 Å². The highest BCUT2D eigenvalue weighted by molar-refractivity contribution is 5.97. The van der Waals surface area contributed by atoms with E-state index >= 15 is 0 Å². The number of fused-ring (bicyclic) bond motifs is 1. The molecule has 1 saturated heterocycles. The van der Waals surface area contributed by atoms with E-state index in [9.17, 15) is 14.7 Å². The first-order valence-corrected chi connectivity index (χ1v) is 9.67. The monoisotopic (exact) mass is 389 g/mol. The molecule has 3 aromatic rings. The van der Waals surface area contributed by atoms with Crippen molar-refractivity contribution in [3.63, 3.8) is 0 Å². The number of carboxylic acids is 1. The van der Waals surface area contributed by atoms with Crippen LogP contribution in [-0.4, -0.2) is 42.1 Å². The smallest absolute Gasteiger partial charge is 0.338 e. The second-order valence-electron chi connectivity index (χ2n) is 7.51. The summed E-state index contributed by atoms with van der Waals surface area (Å²) < 4.78 is 5.00. The Kier molecular flexibility index (Phi) is 5.32. The van der Waals surface area contributed by atoms with Crippen LogP contribution in [0.5, 0.6) is 0 Å². The Bertz CT molecular complexity index is 1050. The molecule has 0 aliphatic carbocycles. The Labute approximate surface area is 169 Å². The maximum Gasteiger partial charge on any atom is 0.338 e. The van der Waals surface area contributed by atoms with Crippen LogP contribution in [0, 0.1) is 5.92 Å². The number of nitrogens with zero attached hydrogens (tertiary/aromatic N) is 1. The largest absolute Gasteiger partial charge is 0.481 e. The molecule has 5 nitrogen and oxygen atoms in total. The number of methoxy groups -OCH3 is 1. The van der Waals surface area contributed by atoms with E-state index in [2.05, 4.69) is 4.90 Å². The van der Waals surface area contributed by atoms with Crippen LogP contribution < -0.4 is 0 Å². The fourth-order valence-corrected chi connectivity index (χ4v) is 4.27. The van der Waals surface area contributed by atoms with Crippen molar-refractivity contribution < 1.29 is 19.4 Å². The van der Waals surface area contributed by atoms with E-state index in [1.165, 1.54) is 7.11 Å². The molecule has 0 spiro atoms. The molecule has 2 atom stereocenters. The van der Waals surface area contributed by atoms with Crippen LogP contribution in [0.3, 0.4) is 0 Å². The summed E-state index contributed by atoms with van der Waals surface area (Å²) in [5.74, 6) is -2.14. The quantitative estimate of drug-likeness (QED) is 0.670. The van der Waals surface area contributed by atoms with Crippen molar-refractivity contribution in [2.24, 2.45) is 5.92 Å². The van der Waals surface area contributed by atoms with Gasteiger partial charge in [-0.1, -0.05) is 54.6 Å². The van der Waals surface area contributed by atoms with Gasteiger partial charge in [0.25, 0.3) is 0 Å². The number of hydrogen-bond donors (Lipinski definition) is 1. The Morgan fingerprint density at radius 2 is 1.66 bits per heavy atom. The highest BCUT2D eigenvalue weighted by Gasteiger charge is 2.40. The normalized spacial score (nSPS) is 19.3. The van der Waals surface area contributed by atoms with Gasteiger partial charge < -0.3 is 9.84 Å². The average Bonchev–Trinajstić information content (AvgIpc) is 3.17. The molecule has 4 rings (SSSR count). The summed E-state index contributed by atoms with van der Waals surface area (Å²) in [4.78, 5) is 26.7. The SMILES string of the molecule is COC(=O)c1cc2ccccc2cc1C1CN(Cc2ccccc2)CC1C(=O)O. The van der Waals surface area contributed by atoms with Crippen molar-refractivity contribution in [1.82, 2.24) is 4.90 Å². The molecule has 0 bridgehead atoms. The van der Waals surface area contributed by atoms with Gasteiger partial charge in [0.1, 0.15) is 0 Å². The minimum Gasteiger partial charge on any atom is -0.481 e. The standard InChI is InChI=1S/C24H23NO4/c1-29-24(28)20-12-18-10-6-5-9-17(18)11-19(20)21-14-25(15-22(21)23(26)27)13-16-7-3-2-4-8-16/h2-12,21-22H,13-15H2,1H3,(H,26,27). The second kappa shape index (κ2) is 8.05. The lowest BCUT2D eigenvalue weighted by Gasteiger charge is -2.19. The van der Waals surface area contributed by atoms with E-state index < -0.39 is 17.9 Å². The Balaban J connectivity index is 1.73. The lowest BCUT2D eigenvalue weighted by atomic mass is 9.84. The van der Waals surface area contributed by atoms with Crippen LogP contribution in [0.1, 0.15) is 27.4 Å². The Morgan fingerprint density at radius 1 is 1.00 bits per heavy atom. The average molecular weight is 389 g/mol. The summed E-state index contributed by atoms with van der Waals surface area (Å²) in [6.45, 7) is 1.71. The topological polar surface area (TPSA) is 66.8 Å². The van der Waals surface area contributed by atoms with Gasteiger partial charge in [-0.15, -0.1) is 0 Å². The number of hydrogen-bond acceptors (Lipinski definition) is 4. The van der Waals surface area contributed by atoms with Crippen LogP contribution in [-0.2, 0) is 16.1 Å². The fourth-order valence-electron chi connectivity index (χ4n) is 4.27. The molecule has 3 aromatic carbocycles. The summed E-state index contributed by atoms with van der Waals surface area (Å²) in [6.07, 6.45) is 0. The zero-order valence-electron chi connectivity index (χ0n) is 16.2. The molecule has 0 radical (unpaired) electrons. The Hall–Kier alpha value is -3.18. The maximum absolute atomic E-state index is 12.5. The minimum atomic E-state index is -0.838. The molecule has 0 amide bonds. The number of likely N-dealkylation sites (tertiary alicyclic amines) is 1. The van der Waals surface area contributed by atoms with Crippen molar-refractivity contribution in [2.75, 3.05) is 20.2 Å². The van der Waals surface area contributed by atoms with Gasteiger partial charge in [0.15, 0.2) is 0 Å². The first kappa shape index (κ1) is 19.2. The van der Waals surface area contributed by atoms with E-state index in [1.807, 2.05) is 66.7 Å². The van der Waals surface area contributed by atoms with Crippen molar-refractivity contribution in [2.45, 2.75) is 12.5 Å². The lowest BCUT2D eigenvalue weighted by molar-refractivity contribution is -0.141. The lowest BCUT2D eigenvalue weighted by Crippen LogP contribution is -2.23. The summed E-state index contributed by atoms with van der Waals surface area (Å²) in [6, 6.07) is 21.6. The number of carboxylic acid groups (broad SMARTS) is 1. The van der Waals surface area contributed by atoms with Gasteiger partial charge in [-0.05, 0) is 34.0 Å². The second-order valence-corrected chi connectivity index (χ2v) is 7.51. The first-order valence-electron chi connectivity index (χ1n) is 9.67. The molecular formula is C24H23NO4. The maximum atomic E-state index is 12.5. The summed E-state index contributed by atoms with van der Waals surface area (Å²) in [5.41, 5.74) is 2.34. The van der Waals surface area contributed by atoms with E-state index in [4.69, 9.17) is 4.74 Å². The van der Waals surface area contributed by atoms with E-state index in [1.54, 1.807) is 0 Å². The van der Waals surface area contributed by atoms with Crippen LogP contribution in [0.2, 0.25) is 0 Å². The van der Waals surface area contributed by atoms with E-state index in [0.29, 0.717) is 25.2 Å². The van der Waals surface area contributed by atoms with Crippen molar-refractivity contribution in [1.29, 1.82) is 0 Å². The van der Waals surface area contributed by atoms with Crippen LogP contribution in [0.4, 0.5) is 0 Å². The molecule has 1 aliphatic heterocycles. The third kappa shape index (κ3) is 3.87. The number of carbonyl (C=O) groups excluding carboxylic acids is 1. The zero-order chi connectivity index (χ0) is 20.4. The van der Waals surface area contributed by atoms with Crippen LogP contribution in [0.25, 0.3) is 10.8 Å². The number of rotatable bonds is 5. The molecule has 29 heavy (non-hydrogen) atoms. The van der Waals surface area contributed by atoms with Crippen molar-refractivity contribution in [3.05, 3.63) is 83.4 Å². The van der Waals surface area contributed by atoms with Gasteiger partial charge in [0.05, 0.1) is 18.6 Å². The van der Waals surface area contributed by atoms with Gasteiger partial charge in [-0.2, -0.15) is 0 Å². The fraction of sp³-hybridized carbons (Fsp3) is 0.250. The van der Waals surface area contributed by atoms with Gasteiger partial charge in [-0.3, -0.25) is 9.69 Å². The molecule has 1 fully saturated rings. The van der Waals surface area contributed by atoms with Gasteiger partial charge in [-0.25, -0.2) is 4.79 Å². The van der Waals surface area contributed by atoms with Gasteiger partial charge in [0, 0.05) is 25.6 Å². The molecule has 5 heteroatoms. The van der Waals surface area contributed by atoms with E-state index in [0.717, 1.165) is 21.9 Å². The number of esters is 1. The Morgan fingerprint density at radius 3 is 2.31 bits per heavy atom. The highest BCUT2D eigenvalue weighted by atomic mass is 16.5. The summed E-state index contributed by atoms with van der Waals surface area (Å²) >= 11 is 0. The van der Waals surface area contributed by atoms with Crippen LogP contribution >= 0.6 is 0 Å². The summed E-state index contributed by atoms with van der Waals surface area (Å²) in [7, 11) is 1.35. The number of aliphatic carboxylic acids is 1. The van der Waals surface area contributed by atoms with Gasteiger partial charge >= 0.3 is 11.9 Å². The number of benzene rings is 3. The third-order valence-corrected chi connectivity index (χ3v) is 5.68. The minimum absolute atomic E-state index is 0.282. The molecule has 1 N–H and O–H groups in total. The zero-order valence-corrected chi connectivity index (χ0v) is 16.2. The summed E-state index contributed by atoms with van der Waals surface area (Å²) in [5, 5.41) is 11.8. The molecule has 1 aliphatic rings. The predicted octanol–water partition coefficient (Wildman–Crippen LogP) is 3.93.